The van der Waals surface area contributed by atoms with Crippen molar-refractivity contribution in [3.63, 3.8) is 0 Å². The highest BCUT2D eigenvalue weighted by Gasteiger charge is 2.34. The van der Waals surface area contributed by atoms with Crippen LogP contribution in [0.2, 0.25) is 0 Å². The zero-order valence-electron chi connectivity index (χ0n) is 19.3. The van der Waals surface area contributed by atoms with Crippen molar-refractivity contribution in [1.82, 2.24) is 9.62 Å². The first-order valence-corrected chi connectivity index (χ1v) is 12.6. The number of nitrogens with two attached hydrogens (primary N) is 1. The molecule has 1 fully saturated rings. The summed E-state index contributed by atoms with van der Waals surface area (Å²) in [4.78, 5) is 14.5. The second-order valence-electron chi connectivity index (χ2n) is 8.48. The molecule has 0 aromatic heterocycles. The molecule has 4 rings (SSSR count). The monoisotopic (exact) mass is 496 g/mol. The molecule has 0 aliphatic carbocycles. The van der Waals surface area contributed by atoms with E-state index in [1.54, 1.807) is 55.5 Å². The van der Waals surface area contributed by atoms with Crippen molar-refractivity contribution in [1.29, 1.82) is 10.8 Å². The number of amidine groups is 2. The van der Waals surface area contributed by atoms with E-state index in [1.807, 2.05) is 11.0 Å². The zero-order valence-corrected chi connectivity index (χ0v) is 20.1. The van der Waals surface area contributed by atoms with Crippen molar-refractivity contribution in [3.05, 3.63) is 65.2 Å². The SMILES string of the molecule is CC(=N)N1CCC(Oc2ccc3c(c2)C(=O)NS(=O)(=O)N3C/C=C\c2cccc(C(=N)N)c2)CC1. The largest absolute Gasteiger partial charge is 0.490 e. The molecule has 0 radical (unpaired) electrons. The molecule has 0 saturated carbocycles. The number of hydrogen-bond donors (Lipinski definition) is 4. The number of benzene rings is 2. The van der Waals surface area contributed by atoms with Crippen LogP contribution in [-0.2, 0) is 10.2 Å². The molecular weight excluding hydrogens is 468 g/mol. The molecule has 2 heterocycles. The maximum Gasteiger partial charge on any atom is 0.326 e. The van der Waals surface area contributed by atoms with E-state index >= 15 is 0 Å². The van der Waals surface area contributed by atoms with Crippen LogP contribution in [0, 0.1) is 10.8 Å². The van der Waals surface area contributed by atoms with Crippen LogP contribution in [0.3, 0.4) is 0 Å². The molecule has 1 amide bonds. The van der Waals surface area contributed by atoms with E-state index in [0.29, 0.717) is 17.1 Å². The second kappa shape index (κ2) is 9.79. The van der Waals surface area contributed by atoms with Gasteiger partial charge in [0.15, 0.2) is 0 Å². The van der Waals surface area contributed by atoms with Gasteiger partial charge in [-0.1, -0.05) is 30.4 Å². The van der Waals surface area contributed by atoms with Gasteiger partial charge in [-0.05, 0) is 36.8 Å². The summed E-state index contributed by atoms with van der Waals surface area (Å²) in [5.41, 5.74) is 7.36. The van der Waals surface area contributed by atoms with Gasteiger partial charge in [0.2, 0.25) is 0 Å². The van der Waals surface area contributed by atoms with Gasteiger partial charge in [0.1, 0.15) is 17.7 Å². The molecule has 5 N–H and O–H groups in total. The Bertz CT molecular complexity index is 1300. The standard InChI is InChI=1S/C24H28N6O4S/c1-16(25)29-12-9-19(10-13-29)34-20-7-8-22-21(15-20)24(31)28-35(32,33)30(22)11-3-5-17-4-2-6-18(14-17)23(26)27/h2-8,14-15,19,25H,9-13H2,1H3,(H3,26,27)(H,28,31)/b5-3-,25-16?. The quantitative estimate of drug-likeness (QED) is 0.356. The molecule has 2 aromatic rings. The normalized spacial score (nSPS) is 17.7. The Hall–Kier alpha value is -3.86. The minimum atomic E-state index is -4.05. The van der Waals surface area contributed by atoms with Crippen molar-refractivity contribution in [2.24, 2.45) is 5.73 Å². The van der Waals surface area contributed by atoms with E-state index < -0.39 is 16.1 Å². The number of carbonyl (C=O) groups excluding carboxylic acids is 1. The topological polar surface area (TPSA) is 153 Å². The van der Waals surface area contributed by atoms with E-state index in [9.17, 15) is 13.2 Å². The molecule has 35 heavy (non-hydrogen) atoms. The van der Waals surface area contributed by atoms with Crippen molar-refractivity contribution in [2.75, 3.05) is 23.9 Å². The van der Waals surface area contributed by atoms with Crippen LogP contribution < -0.4 is 19.5 Å². The number of hydrogen-bond acceptors (Lipinski definition) is 6. The molecule has 0 atom stereocenters. The van der Waals surface area contributed by atoms with E-state index in [2.05, 4.69) is 4.72 Å². The van der Waals surface area contributed by atoms with Crippen LogP contribution in [0.4, 0.5) is 5.69 Å². The van der Waals surface area contributed by atoms with Crippen LogP contribution >= 0.6 is 0 Å². The molecular formula is C24H28N6O4S. The number of rotatable bonds is 6. The number of anilines is 1. The predicted molar refractivity (Wildman–Crippen MR) is 135 cm³/mol. The third-order valence-corrected chi connectivity index (χ3v) is 7.36. The third kappa shape index (κ3) is 5.46. The Morgan fingerprint density at radius 2 is 1.94 bits per heavy atom. The van der Waals surface area contributed by atoms with Crippen LogP contribution in [-0.4, -0.2) is 56.6 Å². The molecule has 10 nitrogen and oxygen atoms in total. The first kappa shape index (κ1) is 24.3. The fourth-order valence-electron chi connectivity index (χ4n) is 4.14. The minimum absolute atomic E-state index is 0.00154. The first-order valence-electron chi connectivity index (χ1n) is 11.2. The van der Waals surface area contributed by atoms with Gasteiger partial charge >= 0.3 is 10.2 Å². The fraction of sp³-hybridized carbons (Fsp3) is 0.292. The van der Waals surface area contributed by atoms with Gasteiger partial charge in [-0.15, -0.1) is 0 Å². The summed E-state index contributed by atoms with van der Waals surface area (Å²) in [6, 6.07) is 11.9. The zero-order chi connectivity index (χ0) is 25.2. The lowest BCUT2D eigenvalue weighted by Gasteiger charge is -2.33. The number of nitrogens with one attached hydrogen (secondary N) is 3. The van der Waals surface area contributed by atoms with E-state index in [1.165, 1.54) is 0 Å². The number of piperidine rings is 1. The number of fused-ring (bicyclic) bond motifs is 1. The Kier molecular flexibility index (Phi) is 6.79. The number of carbonyl (C=O) groups is 1. The van der Waals surface area contributed by atoms with E-state index in [0.717, 1.165) is 35.8 Å². The average molecular weight is 497 g/mol. The lowest BCUT2D eigenvalue weighted by molar-refractivity contribution is 0.0977. The predicted octanol–water partition coefficient (Wildman–Crippen LogP) is 2.32. The van der Waals surface area contributed by atoms with Crippen LogP contribution in [0.25, 0.3) is 6.08 Å². The van der Waals surface area contributed by atoms with Crippen LogP contribution in [0.1, 0.15) is 41.3 Å². The fourth-order valence-corrected chi connectivity index (χ4v) is 5.29. The Morgan fingerprint density at radius 3 is 2.63 bits per heavy atom. The number of nitrogens with zero attached hydrogens (tertiary/aromatic N) is 2. The van der Waals surface area contributed by atoms with Gasteiger partial charge in [-0.2, -0.15) is 8.42 Å². The van der Waals surface area contributed by atoms with Crippen molar-refractivity contribution < 1.29 is 17.9 Å². The minimum Gasteiger partial charge on any atom is -0.490 e. The van der Waals surface area contributed by atoms with Crippen LogP contribution in [0.5, 0.6) is 5.75 Å². The van der Waals surface area contributed by atoms with Gasteiger partial charge in [0.25, 0.3) is 5.91 Å². The average Bonchev–Trinajstić information content (AvgIpc) is 2.81. The summed E-state index contributed by atoms with van der Waals surface area (Å²) in [5.74, 6) is 0.286. The van der Waals surface area contributed by atoms with E-state index in [4.69, 9.17) is 21.3 Å². The number of amides is 1. The molecule has 1 saturated heterocycles. The highest BCUT2D eigenvalue weighted by molar-refractivity contribution is 7.91. The van der Waals surface area contributed by atoms with Gasteiger partial charge in [0, 0.05) is 31.5 Å². The summed E-state index contributed by atoms with van der Waals surface area (Å²) in [5, 5.41) is 15.3. The maximum atomic E-state index is 12.7. The Balaban J connectivity index is 1.51. The number of ether oxygens (including phenoxy) is 1. The second-order valence-corrected chi connectivity index (χ2v) is 10.1. The van der Waals surface area contributed by atoms with E-state index in [-0.39, 0.29) is 29.7 Å². The number of nitrogen functional groups attached to an aromatic ring is 1. The third-order valence-electron chi connectivity index (χ3n) is 5.99. The molecule has 0 spiro atoms. The molecule has 2 aliphatic rings. The van der Waals surface area contributed by atoms with Crippen molar-refractivity contribution in [3.8, 4) is 5.75 Å². The lowest BCUT2D eigenvalue weighted by Crippen LogP contribution is -2.48. The molecule has 2 aromatic carbocycles. The summed E-state index contributed by atoms with van der Waals surface area (Å²) >= 11 is 0. The highest BCUT2D eigenvalue weighted by atomic mass is 32.2. The summed E-state index contributed by atoms with van der Waals surface area (Å²) in [7, 11) is -4.05. The lowest BCUT2D eigenvalue weighted by atomic mass is 10.1. The summed E-state index contributed by atoms with van der Waals surface area (Å²) in [6.45, 7) is 3.24. The summed E-state index contributed by atoms with van der Waals surface area (Å²) in [6.07, 6.45) is 4.88. The highest BCUT2D eigenvalue weighted by Crippen LogP contribution is 2.31. The molecule has 2 aliphatic heterocycles. The maximum absolute atomic E-state index is 12.7. The summed E-state index contributed by atoms with van der Waals surface area (Å²) < 4.78 is 34.7. The van der Waals surface area contributed by atoms with Gasteiger partial charge in [0.05, 0.1) is 23.6 Å². The van der Waals surface area contributed by atoms with Gasteiger partial charge in [-0.25, -0.2) is 9.03 Å². The van der Waals surface area contributed by atoms with Crippen molar-refractivity contribution in [2.45, 2.75) is 25.9 Å². The first-order chi connectivity index (χ1) is 16.6. The van der Waals surface area contributed by atoms with Crippen LogP contribution in [0.15, 0.2) is 48.5 Å². The Morgan fingerprint density at radius 1 is 1.20 bits per heavy atom. The number of likely N-dealkylation sites (tertiary alicyclic amines) is 1. The van der Waals surface area contributed by atoms with Gasteiger partial charge < -0.3 is 15.4 Å². The molecule has 0 bridgehead atoms. The van der Waals surface area contributed by atoms with Crippen molar-refractivity contribution >= 4 is 39.6 Å². The molecule has 184 valence electrons. The van der Waals surface area contributed by atoms with Gasteiger partial charge in [-0.3, -0.25) is 15.6 Å². The molecule has 0 unspecified atom stereocenters. The molecule has 11 heteroatoms. The Labute approximate surface area is 204 Å². The smallest absolute Gasteiger partial charge is 0.326 e.